The van der Waals surface area contributed by atoms with Crippen LogP contribution >= 0.6 is 0 Å². The Morgan fingerprint density at radius 2 is 2.12 bits per heavy atom. The van der Waals surface area contributed by atoms with Gasteiger partial charge in [0.05, 0.1) is 0 Å². The molecule has 0 aliphatic heterocycles. The van der Waals surface area contributed by atoms with Crippen molar-refractivity contribution in [1.82, 2.24) is 0 Å². The number of allylic oxidation sites excluding steroid dienone is 4. The molecule has 0 heterocycles. The second kappa shape index (κ2) is 2.71. The highest BCUT2D eigenvalue weighted by Crippen LogP contribution is 2.08. The van der Waals surface area contributed by atoms with Gasteiger partial charge in [0.1, 0.15) is 0 Å². The van der Waals surface area contributed by atoms with Gasteiger partial charge in [0.2, 0.25) is 0 Å². The van der Waals surface area contributed by atoms with Crippen molar-refractivity contribution in [2.24, 2.45) is 5.92 Å². The van der Waals surface area contributed by atoms with Crippen LogP contribution in [0.3, 0.4) is 0 Å². The molecule has 0 nitrogen and oxygen atoms in total. The van der Waals surface area contributed by atoms with Crippen LogP contribution < -0.4 is 0 Å². The first-order chi connectivity index (χ1) is 3.89. The van der Waals surface area contributed by atoms with E-state index in [1.807, 2.05) is 0 Å². The summed E-state index contributed by atoms with van der Waals surface area (Å²) in [7, 11) is 0. The lowest BCUT2D eigenvalue weighted by molar-refractivity contribution is 0.747. The first kappa shape index (κ1) is 5.61. The van der Waals surface area contributed by atoms with Crippen LogP contribution in [0.15, 0.2) is 24.3 Å². The highest BCUT2D eigenvalue weighted by atomic mass is 14.0. The summed E-state index contributed by atoms with van der Waals surface area (Å²) < 4.78 is 0. The molecule has 0 aromatic heterocycles. The first-order valence-electron chi connectivity index (χ1n) is 3.21. The average molecular weight is 108 g/mol. The summed E-state index contributed by atoms with van der Waals surface area (Å²) >= 11 is 0. The molecule has 8 heavy (non-hydrogen) atoms. The standard InChI is InChI=1S/C8H12/c1-8-6-4-2-3-5-7-8/h2,4-5,7-8H,3,6H2,1H3. The van der Waals surface area contributed by atoms with Crippen LogP contribution in [0.4, 0.5) is 0 Å². The minimum absolute atomic E-state index is 0.758. The first-order valence-corrected chi connectivity index (χ1v) is 3.21. The largest absolute Gasteiger partial charge is 0.0877 e. The van der Waals surface area contributed by atoms with Crippen molar-refractivity contribution in [2.45, 2.75) is 19.8 Å². The fraction of sp³-hybridized carbons (Fsp3) is 0.500. The molecule has 0 fully saturated rings. The van der Waals surface area contributed by atoms with Gasteiger partial charge in [-0.05, 0) is 18.8 Å². The van der Waals surface area contributed by atoms with E-state index in [4.69, 9.17) is 0 Å². The third-order valence-corrected chi connectivity index (χ3v) is 1.41. The van der Waals surface area contributed by atoms with Gasteiger partial charge in [-0.15, -0.1) is 0 Å². The fourth-order valence-corrected chi connectivity index (χ4v) is 0.875. The summed E-state index contributed by atoms with van der Waals surface area (Å²) in [6.07, 6.45) is 11.3. The Kier molecular flexibility index (Phi) is 1.90. The molecule has 0 spiro atoms. The highest BCUT2D eigenvalue weighted by Gasteiger charge is 1.93. The molecule has 1 atom stereocenters. The number of hydrogen-bond donors (Lipinski definition) is 0. The molecule has 0 aromatic carbocycles. The molecule has 1 rings (SSSR count). The molecular formula is C8H12. The van der Waals surface area contributed by atoms with E-state index in [9.17, 15) is 0 Å². The van der Waals surface area contributed by atoms with Crippen LogP contribution in [0.25, 0.3) is 0 Å². The number of rotatable bonds is 0. The van der Waals surface area contributed by atoms with Crippen molar-refractivity contribution in [3.8, 4) is 0 Å². The molecule has 0 saturated carbocycles. The molecule has 0 aromatic rings. The molecule has 1 aliphatic carbocycles. The smallest absolute Gasteiger partial charge is 0.0169 e. The van der Waals surface area contributed by atoms with Crippen molar-refractivity contribution < 1.29 is 0 Å². The average Bonchev–Trinajstić information content (AvgIpc) is 1.94. The fourth-order valence-electron chi connectivity index (χ4n) is 0.875. The Morgan fingerprint density at radius 1 is 1.25 bits per heavy atom. The third kappa shape index (κ3) is 1.53. The molecule has 1 unspecified atom stereocenters. The lowest BCUT2D eigenvalue weighted by Gasteiger charge is -1.95. The second-order valence-electron chi connectivity index (χ2n) is 2.35. The van der Waals surface area contributed by atoms with Crippen LogP contribution in [0.2, 0.25) is 0 Å². The summed E-state index contributed by atoms with van der Waals surface area (Å²) in [5.74, 6) is 0.758. The number of hydrogen-bond acceptors (Lipinski definition) is 0. The molecule has 0 saturated heterocycles. The molecule has 0 heteroatoms. The van der Waals surface area contributed by atoms with E-state index in [2.05, 4.69) is 31.2 Å². The van der Waals surface area contributed by atoms with Gasteiger partial charge in [0, 0.05) is 0 Å². The van der Waals surface area contributed by atoms with E-state index >= 15 is 0 Å². The lowest BCUT2D eigenvalue weighted by atomic mass is 10.1. The van der Waals surface area contributed by atoms with Crippen LogP contribution in [-0.2, 0) is 0 Å². The van der Waals surface area contributed by atoms with E-state index in [1.54, 1.807) is 0 Å². The van der Waals surface area contributed by atoms with E-state index in [0.29, 0.717) is 0 Å². The molecule has 0 N–H and O–H groups in total. The van der Waals surface area contributed by atoms with Gasteiger partial charge in [0.25, 0.3) is 0 Å². The Morgan fingerprint density at radius 3 is 3.00 bits per heavy atom. The van der Waals surface area contributed by atoms with Gasteiger partial charge in [-0.1, -0.05) is 31.2 Å². The minimum atomic E-state index is 0.758. The topological polar surface area (TPSA) is 0 Å². The van der Waals surface area contributed by atoms with Gasteiger partial charge < -0.3 is 0 Å². The molecule has 44 valence electrons. The molecule has 0 radical (unpaired) electrons. The Hall–Kier alpha value is -0.520. The summed E-state index contributed by atoms with van der Waals surface area (Å²) in [6, 6.07) is 0. The van der Waals surface area contributed by atoms with Gasteiger partial charge in [-0.3, -0.25) is 0 Å². The van der Waals surface area contributed by atoms with Crippen LogP contribution in [0.5, 0.6) is 0 Å². The van der Waals surface area contributed by atoms with Crippen molar-refractivity contribution >= 4 is 0 Å². The lowest BCUT2D eigenvalue weighted by Crippen LogP contribution is -1.82. The van der Waals surface area contributed by atoms with Gasteiger partial charge in [-0.25, -0.2) is 0 Å². The van der Waals surface area contributed by atoms with E-state index < -0.39 is 0 Å². The van der Waals surface area contributed by atoms with Crippen molar-refractivity contribution in [2.75, 3.05) is 0 Å². The van der Waals surface area contributed by atoms with E-state index in [0.717, 1.165) is 12.3 Å². The Balaban J connectivity index is 2.48. The van der Waals surface area contributed by atoms with Gasteiger partial charge in [-0.2, -0.15) is 0 Å². The zero-order chi connectivity index (χ0) is 5.82. The zero-order valence-electron chi connectivity index (χ0n) is 5.30. The predicted molar refractivity (Wildman–Crippen MR) is 36.7 cm³/mol. The highest BCUT2D eigenvalue weighted by molar-refractivity contribution is 5.00. The monoisotopic (exact) mass is 108 g/mol. The van der Waals surface area contributed by atoms with Gasteiger partial charge >= 0.3 is 0 Å². The van der Waals surface area contributed by atoms with Crippen LogP contribution in [0.1, 0.15) is 19.8 Å². The molecule has 0 bridgehead atoms. The Labute approximate surface area is 50.9 Å². The molecular weight excluding hydrogens is 96.1 g/mol. The second-order valence-corrected chi connectivity index (χ2v) is 2.35. The van der Waals surface area contributed by atoms with Crippen molar-refractivity contribution in [1.29, 1.82) is 0 Å². The molecule has 0 amide bonds. The summed E-state index contributed by atoms with van der Waals surface area (Å²) in [6.45, 7) is 2.24. The SMILES string of the molecule is CC1C=CCC=CC1. The van der Waals surface area contributed by atoms with Crippen LogP contribution in [0, 0.1) is 5.92 Å². The molecule has 1 aliphatic rings. The maximum absolute atomic E-state index is 2.28. The maximum Gasteiger partial charge on any atom is -0.0169 e. The summed E-state index contributed by atoms with van der Waals surface area (Å²) in [5, 5.41) is 0. The minimum Gasteiger partial charge on any atom is -0.0877 e. The van der Waals surface area contributed by atoms with E-state index in [-0.39, 0.29) is 0 Å². The van der Waals surface area contributed by atoms with E-state index in [1.165, 1.54) is 6.42 Å². The quantitative estimate of drug-likeness (QED) is 0.418. The van der Waals surface area contributed by atoms with Crippen molar-refractivity contribution in [3.05, 3.63) is 24.3 Å². The van der Waals surface area contributed by atoms with Gasteiger partial charge in [0.15, 0.2) is 0 Å². The van der Waals surface area contributed by atoms with Crippen molar-refractivity contribution in [3.63, 3.8) is 0 Å². The summed E-state index contributed by atoms with van der Waals surface area (Å²) in [4.78, 5) is 0. The normalized spacial score (nSPS) is 27.9. The zero-order valence-corrected chi connectivity index (χ0v) is 5.30. The predicted octanol–water partition coefficient (Wildman–Crippen LogP) is 2.53. The van der Waals surface area contributed by atoms with Crippen LogP contribution in [-0.4, -0.2) is 0 Å². The summed E-state index contributed by atoms with van der Waals surface area (Å²) in [5.41, 5.74) is 0. The Bertz CT molecular complexity index is 109. The maximum atomic E-state index is 2.28. The third-order valence-electron chi connectivity index (χ3n) is 1.41.